The van der Waals surface area contributed by atoms with Crippen LogP contribution in [0.25, 0.3) is 0 Å². The van der Waals surface area contributed by atoms with Crippen LogP contribution in [-0.2, 0) is 4.79 Å². The van der Waals surface area contributed by atoms with Gasteiger partial charge in [-0.1, -0.05) is 0 Å². The minimum absolute atomic E-state index is 0.136. The van der Waals surface area contributed by atoms with Gasteiger partial charge in [-0.3, -0.25) is 9.59 Å². The van der Waals surface area contributed by atoms with E-state index >= 15 is 0 Å². The minimum Gasteiger partial charge on any atom is -0.504 e. The van der Waals surface area contributed by atoms with Crippen LogP contribution in [0.5, 0.6) is 11.5 Å². The lowest BCUT2D eigenvalue weighted by Gasteiger charge is -2.09. The summed E-state index contributed by atoms with van der Waals surface area (Å²) in [6.07, 6.45) is -1.61. The lowest BCUT2D eigenvalue weighted by molar-refractivity contribution is -0.118. The van der Waals surface area contributed by atoms with Crippen molar-refractivity contribution in [2.75, 3.05) is 7.11 Å². The van der Waals surface area contributed by atoms with Gasteiger partial charge in [0.25, 0.3) is 0 Å². The van der Waals surface area contributed by atoms with Crippen molar-refractivity contribution in [1.82, 2.24) is 0 Å². The maximum atomic E-state index is 11.7. The second-order valence-electron chi connectivity index (χ2n) is 3.67. The van der Waals surface area contributed by atoms with E-state index in [4.69, 9.17) is 4.74 Å². The zero-order valence-corrected chi connectivity index (χ0v) is 9.64. The number of phenolic OH excluding ortho intramolecular Hbond substituents is 1. The SMILES string of the molecule is COc1ccc(C(=O)C(O)CC(C)=O)cc1O. The van der Waals surface area contributed by atoms with Crippen LogP contribution < -0.4 is 4.74 Å². The molecule has 17 heavy (non-hydrogen) atoms. The van der Waals surface area contributed by atoms with Gasteiger partial charge >= 0.3 is 0 Å². The molecule has 1 atom stereocenters. The van der Waals surface area contributed by atoms with Gasteiger partial charge in [0.05, 0.1) is 7.11 Å². The number of methoxy groups -OCH3 is 1. The summed E-state index contributed by atoms with van der Waals surface area (Å²) in [5, 5.41) is 19.0. The van der Waals surface area contributed by atoms with E-state index in [9.17, 15) is 19.8 Å². The molecule has 0 fully saturated rings. The van der Waals surface area contributed by atoms with Gasteiger partial charge in [0.15, 0.2) is 17.3 Å². The van der Waals surface area contributed by atoms with Crippen molar-refractivity contribution in [2.24, 2.45) is 0 Å². The van der Waals surface area contributed by atoms with Crippen molar-refractivity contribution < 1.29 is 24.5 Å². The van der Waals surface area contributed by atoms with Crippen LogP contribution in [0.1, 0.15) is 23.7 Å². The molecule has 0 aliphatic carbocycles. The van der Waals surface area contributed by atoms with Crippen LogP contribution in [0, 0.1) is 0 Å². The highest BCUT2D eigenvalue weighted by molar-refractivity contribution is 6.01. The number of ether oxygens (including phenoxy) is 1. The number of hydrogen-bond acceptors (Lipinski definition) is 5. The standard InChI is InChI=1S/C12H14O5/c1-7(13)5-10(15)12(16)8-3-4-11(17-2)9(14)6-8/h3-4,6,10,14-15H,5H2,1-2H3. The third kappa shape index (κ3) is 3.29. The van der Waals surface area contributed by atoms with E-state index in [2.05, 4.69) is 0 Å². The highest BCUT2D eigenvalue weighted by Gasteiger charge is 2.19. The summed E-state index contributed by atoms with van der Waals surface area (Å²) in [7, 11) is 1.39. The maximum Gasteiger partial charge on any atom is 0.191 e. The van der Waals surface area contributed by atoms with E-state index in [-0.39, 0.29) is 29.3 Å². The summed E-state index contributed by atoms with van der Waals surface area (Å²) >= 11 is 0. The van der Waals surface area contributed by atoms with Crippen molar-refractivity contribution >= 4 is 11.6 Å². The number of carbonyl (C=O) groups excluding carboxylic acids is 2. The molecule has 0 heterocycles. The second-order valence-corrected chi connectivity index (χ2v) is 3.67. The third-order valence-corrected chi connectivity index (χ3v) is 2.25. The number of aliphatic hydroxyl groups excluding tert-OH is 1. The van der Waals surface area contributed by atoms with Gasteiger partial charge in [0, 0.05) is 12.0 Å². The molecule has 1 aromatic rings. The van der Waals surface area contributed by atoms with Crippen molar-refractivity contribution in [1.29, 1.82) is 0 Å². The smallest absolute Gasteiger partial charge is 0.191 e. The van der Waals surface area contributed by atoms with Gasteiger partial charge in [-0.25, -0.2) is 0 Å². The van der Waals surface area contributed by atoms with Gasteiger partial charge in [0.2, 0.25) is 0 Å². The molecule has 0 spiro atoms. The van der Waals surface area contributed by atoms with Crippen molar-refractivity contribution in [3.63, 3.8) is 0 Å². The lowest BCUT2D eigenvalue weighted by atomic mass is 10.0. The first-order valence-electron chi connectivity index (χ1n) is 5.04. The Bertz CT molecular complexity index is 439. The lowest BCUT2D eigenvalue weighted by Crippen LogP contribution is -2.22. The van der Waals surface area contributed by atoms with Gasteiger partial charge in [-0.05, 0) is 25.1 Å². The molecule has 92 valence electrons. The van der Waals surface area contributed by atoms with E-state index in [1.807, 2.05) is 0 Å². The highest BCUT2D eigenvalue weighted by Crippen LogP contribution is 2.26. The summed E-state index contributed by atoms with van der Waals surface area (Å²) < 4.78 is 4.83. The number of ketones is 2. The monoisotopic (exact) mass is 238 g/mol. The Morgan fingerprint density at radius 2 is 2.06 bits per heavy atom. The molecule has 0 radical (unpaired) electrons. The summed E-state index contributed by atoms with van der Waals surface area (Å²) in [5.41, 5.74) is 0.136. The van der Waals surface area contributed by atoms with Crippen molar-refractivity contribution in [2.45, 2.75) is 19.4 Å². The summed E-state index contributed by atoms with van der Waals surface area (Å²) in [4.78, 5) is 22.5. The zero-order valence-electron chi connectivity index (χ0n) is 9.64. The largest absolute Gasteiger partial charge is 0.504 e. The van der Waals surface area contributed by atoms with Crippen LogP contribution in [0.4, 0.5) is 0 Å². The number of hydrogen-bond donors (Lipinski definition) is 2. The molecule has 5 heteroatoms. The molecular weight excluding hydrogens is 224 g/mol. The fourth-order valence-electron chi connectivity index (χ4n) is 1.40. The first-order chi connectivity index (χ1) is 7.95. The molecule has 1 unspecified atom stereocenters. The summed E-state index contributed by atoms with van der Waals surface area (Å²) in [5.74, 6) is -0.822. The molecule has 0 aliphatic rings. The summed E-state index contributed by atoms with van der Waals surface area (Å²) in [6.45, 7) is 1.29. The number of rotatable bonds is 5. The van der Waals surface area contributed by atoms with Crippen LogP contribution in [0.2, 0.25) is 0 Å². The molecule has 0 aromatic heterocycles. The predicted molar refractivity (Wildman–Crippen MR) is 60.3 cm³/mol. The molecule has 0 saturated heterocycles. The number of Topliss-reactive ketones (excluding diaryl/α,β-unsaturated/α-hetero) is 2. The van der Waals surface area contributed by atoms with Crippen molar-refractivity contribution in [3.8, 4) is 11.5 Å². The number of aliphatic hydroxyl groups is 1. The quantitative estimate of drug-likeness (QED) is 0.745. The third-order valence-electron chi connectivity index (χ3n) is 2.25. The van der Waals surface area contributed by atoms with Crippen LogP contribution in [-0.4, -0.2) is 35.0 Å². The van der Waals surface area contributed by atoms with Gasteiger partial charge in [-0.15, -0.1) is 0 Å². The van der Waals surface area contributed by atoms with E-state index in [1.54, 1.807) is 0 Å². The normalized spacial score (nSPS) is 11.9. The average Bonchev–Trinajstić information content (AvgIpc) is 2.27. The van der Waals surface area contributed by atoms with Crippen molar-refractivity contribution in [3.05, 3.63) is 23.8 Å². The fraction of sp³-hybridized carbons (Fsp3) is 0.333. The van der Waals surface area contributed by atoms with E-state index in [0.717, 1.165) is 0 Å². The van der Waals surface area contributed by atoms with Gasteiger partial charge < -0.3 is 14.9 Å². The highest BCUT2D eigenvalue weighted by atomic mass is 16.5. The maximum absolute atomic E-state index is 11.7. The van der Waals surface area contributed by atoms with Crippen LogP contribution >= 0.6 is 0 Å². The fourth-order valence-corrected chi connectivity index (χ4v) is 1.40. The Morgan fingerprint density at radius 1 is 1.41 bits per heavy atom. The first kappa shape index (κ1) is 13.2. The molecular formula is C12H14O5. The molecule has 1 aromatic carbocycles. The molecule has 1 rings (SSSR count). The molecule has 0 aliphatic heterocycles. The zero-order chi connectivity index (χ0) is 13.0. The predicted octanol–water partition coefficient (Wildman–Crippen LogP) is 0.923. The Kier molecular flexibility index (Phi) is 4.23. The van der Waals surface area contributed by atoms with Gasteiger partial charge in [0.1, 0.15) is 11.9 Å². The van der Waals surface area contributed by atoms with Crippen LogP contribution in [0.15, 0.2) is 18.2 Å². The molecule has 0 amide bonds. The Hall–Kier alpha value is -1.88. The molecule has 0 bridgehead atoms. The Morgan fingerprint density at radius 3 is 2.53 bits per heavy atom. The first-order valence-corrected chi connectivity index (χ1v) is 5.04. The number of carbonyl (C=O) groups is 2. The topological polar surface area (TPSA) is 83.8 Å². The second kappa shape index (κ2) is 5.45. The molecule has 2 N–H and O–H groups in total. The Balaban J connectivity index is 2.89. The van der Waals surface area contributed by atoms with Crippen LogP contribution in [0.3, 0.4) is 0 Å². The average molecular weight is 238 g/mol. The van der Waals surface area contributed by atoms with Gasteiger partial charge in [-0.2, -0.15) is 0 Å². The summed E-state index contributed by atoms with van der Waals surface area (Å²) in [6, 6.07) is 4.04. The number of aromatic hydroxyl groups is 1. The van der Waals surface area contributed by atoms with E-state index < -0.39 is 11.9 Å². The number of phenols is 1. The molecule has 5 nitrogen and oxygen atoms in total. The molecule has 0 saturated carbocycles. The Labute approximate surface area is 98.6 Å². The van der Waals surface area contributed by atoms with E-state index in [1.165, 1.54) is 32.2 Å². The number of benzene rings is 1. The van der Waals surface area contributed by atoms with E-state index in [0.29, 0.717) is 0 Å². The minimum atomic E-state index is -1.37.